The van der Waals surface area contributed by atoms with Crippen LogP contribution in [0.25, 0.3) is 0 Å². The highest BCUT2D eigenvalue weighted by Crippen LogP contribution is 2.24. The van der Waals surface area contributed by atoms with Crippen LogP contribution in [0.3, 0.4) is 0 Å². The number of benzene rings is 1. The summed E-state index contributed by atoms with van der Waals surface area (Å²) in [6.45, 7) is 2.02. The molecule has 0 aliphatic rings. The maximum atomic E-state index is 11.0. The van der Waals surface area contributed by atoms with Crippen molar-refractivity contribution in [1.82, 2.24) is 0 Å². The molecule has 0 saturated carbocycles. The summed E-state index contributed by atoms with van der Waals surface area (Å²) in [6, 6.07) is 7.95. The Bertz CT molecular complexity index is 284. The Morgan fingerprint density at radius 2 is 2.17 bits per heavy atom. The minimum atomic E-state index is 0.139. The van der Waals surface area contributed by atoms with Crippen LogP contribution in [0.2, 0.25) is 0 Å². The third-order valence-corrected chi connectivity index (χ3v) is 3.10. The topological polar surface area (TPSA) is 17.1 Å². The molecule has 1 aromatic carbocycles. The van der Waals surface area contributed by atoms with E-state index < -0.39 is 0 Å². The molecule has 0 radical (unpaired) electrons. The predicted molar refractivity (Wildman–Crippen MR) is 55.9 cm³/mol. The minimum absolute atomic E-state index is 0.139. The molecule has 0 bridgehead atoms. The zero-order valence-corrected chi connectivity index (χ0v) is 8.67. The lowest BCUT2D eigenvalue weighted by Crippen LogP contribution is -1.79. The van der Waals surface area contributed by atoms with Gasteiger partial charge in [0.1, 0.15) is 0 Å². The smallest absolute Gasteiger partial charge is 0.250 e. The molecule has 0 aromatic heterocycles. The van der Waals surface area contributed by atoms with Gasteiger partial charge in [0.2, 0.25) is 0 Å². The molecule has 0 aliphatic carbocycles. The van der Waals surface area contributed by atoms with Crippen LogP contribution in [0.4, 0.5) is 4.79 Å². The zero-order valence-electron chi connectivity index (χ0n) is 7.03. The van der Waals surface area contributed by atoms with Crippen molar-refractivity contribution in [3.8, 4) is 0 Å². The van der Waals surface area contributed by atoms with Gasteiger partial charge in [-0.25, -0.2) is 0 Å². The van der Waals surface area contributed by atoms with Crippen LogP contribution in [0.15, 0.2) is 29.2 Å². The van der Waals surface area contributed by atoms with Crippen molar-refractivity contribution in [2.24, 2.45) is 0 Å². The molecule has 12 heavy (non-hydrogen) atoms. The first-order valence-corrected chi connectivity index (χ1v) is 5.59. The first kappa shape index (κ1) is 9.68. The number of rotatable bonds is 1. The number of thioether (sulfide) groups is 2. The third-order valence-electron chi connectivity index (χ3n) is 1.36. The molecule has 1 aromatic rings. The van der Waals surface area contributed by atoms with Gasteiger partial charge in [-0.2, -0.15) is 0 Å². The number of carbonyl (C=O) groups excluding carboxylic acids is 1. The Labute approximate surface area is 80.9 Å². The summed E-state index contributed by atoms with van der Waals surface area (Å²) >= 11 is 2.53. The van der Waals surface area contributed by atoms with E-state index in [1.165, 1.54) is 29.1 Å². The Morgan fingerprint density at radius 3 is 2.75 bits per heavy atom. The standard InChI is InChI=1S/C9H10OS2/c1-7-4-3-5-8(6-7)12-9(10)11-2/h3-6H,1-2H3. The van der Waals surface area contributed by atoms with Gasteiger partial charge < -0.3 is 0 Å². The second kappa shape index (κ2) is 4.58. The summed E-state index contributed by atoms with van der Waals surface area (Å²) in [5.41, 5.74) is 1.19. The number of carbonyl (C=O) groups is 1. The van der Waals surface area contributed by atoms with Gasteiger partial charge in [-0.15, -0.1) is 0 Å². The van der Waals surface area contributed by atoms with Crippen LogP contribution in [0, 0.1) is 6.92 Å². The van der Waals surface area contributed by atoms with Gasteiger partial charge in [-0.1, -0.05) is 29.5 Å². The Morgan fingerprint density at radius 1 is 1.42 bits per heavy atom. The van der Waals surface area contributed by atoms with E-state index in [9.17, 15) is 4.79 Å². The van der Waals surface area contributed by atoms with E-state index in [1.54, 1.807) is 6.26 Å². The molecule has 0 aliphatic heterocycles. The first-order chi connectivity index (χ1) is 5.72. The van der Waals surface area contributed by atoms with Gasteiger partial charge >= 0.3 is 0 Å². The van der Waals surface area contributed by atoms with Gasteiger partial charge in [0.25, 0.3) is 4.45 Å². The van der Waals surface area contributed by atoms with Gasteiger partial charge in [0.15, 0.2) is 0 Å². The van der Waals surface area contributed by atoms with Gasteiger partial charge in [-0.05, 0) is 37.1 Å². The molecule has 0 N–H and O–H groups in total. The average Bonchev–Trinajstić information content (AvgIpc) is 2.04. The van der Waals surface area contributed by atoms with Crippen molar-refractivity contribution in [2.75, 3.05) is 6.26 Å². The van der Waals surface area contributed by atoms with E-state index in [2.05, 4.69) is 0 Å². The second-order valence-corrected chi connectivity index (χ2v) is 4.46. The number of aryl methyl sites for hydroxylation is 1. The molecule has 1 rings (SSSR count). The summed E-state index contributed by atoms with van der Waals surface area (Å²) in [5, 5.41) is 0. The summed E-state index contributed by atoms with van der Waals surface area (Å²) in [5.74, 6) is 0. The summed E-state index contributed by atoms with van der Waals surface area (Å²) in [4.78, 5) is 12.0. The minimum Gasteiger partial charge on any atom is -0.274 e. The predicted octanol–water partition coefficient (Wildman–Crippen LogP) is 3.57. The normalized spacial score (nSPS) is 9.83. The van der Waals surface area contributed by atoms with Gasteiger partial charge in [0.05, 0.1) is 0 Å². The van der Waals surface area contributed by atoms with Crippen LogP contribution < -0.4 is 0 Å². The highest BCUT2D eigenvalue weighted by Gasteiger charge is 2.01. The van der Waals surface area contributed by atoms with Crippen molar-refractivity contribution in [2.45, 2.75) is 11.8 Å². The van der Waals surface area contributed by atoms with Crippen molar-refractivity contribution in [3.63, 3.8) is 0 Å². The van der Waals surface area contributed by atoms with Crippen LogP contribution in [0.5, 0.6) is 0 Å². The maximum absolute atomic E-state index is 11.0. The zero-order chi connectivity index (χ0) is 8.97. The molecule has 0 fully saturated rings. The molecule has 64 valence electrons. The molecule has 0 heterocycles. The second-order valence-electron chi connectivity index (χ2n) is 2.37. The fraction of sp³-hybridized carbons (Fsp3) is 0.222. The van der Waals surface area contributed by atoms with Crippen LogP contribution in [-0.4, -0.2) is 10.7 Å². The van der Waals surface area contributed by atoms with Crippen molar-refractivity contribution in [1.29, 1.82) is 0 Å². The monoisotopic (exact) mass is 198 g/mol. The van der Waals surface area contributed by atoms with Crippen molar-refractivity contribution >= 4 is 28.0 Å². The molecule has 0 unspecified atom stereocenters. The van der Waals surface area contributed by atoms with Crippen molar-refractivity contribution < 1.29 is 4.79 Å². The molecular formula is C9H10OS2. The Balaban J connectivity index is 2.69. The lowest BCUT2D eigenvalue weighted by Gasteiger charge is -1.98. The molecule has 0 atom stereocenters. The van der Waals surface area contributed by atoms with Crippen LogP contribution in [-0.2, 0) is 0 Å². The third kappa shape index (κ3) is 2.91. The molecular weight excluding hydrogens is 188 g/mol. The molecule has 0 saturated heterocycles. The van der Waals surface area contributed by atoms with E-state index in [4.69, 9.17) is 0 Å². The average molecular weight is 198 g/mol. The summed E-state index contributed by atoms with van der Waals surface area (Å²) in [6.07, 6.45) is 1.80. The fourth-order valence-corrected chi connectivity index (χ4v) is 2.02. The fourth-order valence-electron chi connectivity index (χ4n) is 0.817. The largest absolute Gasteiger partial charge is 0.274 e. The lowest BCUT2D eigenvalue weighted by molar-refractivity contribution is 0.276. The molecule has 0 amide bonds. The van der Waals surface area contributed by atoms with Gasteiger partial charge in [-0.3, -0.25) is 4.79 Å². The lowest BCUT2D eigenvalue weighted by atomic mass is 10.2. The first-order valence-electron chi connectivity index (χ1n) is 3.55. The van der Waals surface area contributed by atoms with Crippen LogP contribution >= 0.6 is 23.5 Å². The van der Waals surface area contributed by atoms with E-state index in [0.717, 1.165) is 4.90 Å². The number of hydrogen-bond donors (Lipinski definition) is 0. The molecule has 1 nitrogen and oxygen atoms in total. The quantitative estimate of drug-likeness (QED) is 0.642. The Kier molecular flexibility index (Phi) is 3.69. The SMILES string of the molecule is CSC(=O)Sc1cccc(C)c1. The highest BCUT2D eigenvalue weighted by atomic mass is 32.2. The van der Waals surface area contributed by atoms with E-state index in [0.29, 0.717) is 0 Å². The van der Waals surface area contributed by atoms with E-state index >= 15 is 0 Å². The molecule has 3 heteroatoms. The maximum Gasteiger partial charge on any atom is 0.250 e. The molecule has 0 spiro atoms. The summed E-state index contributed by atoms with van der Waals surface area (Å²) < 4.78 is 0.139. The number of hydrogen-bond acceptors (Lipinski definition) is 3. The Hall–Kier alpha value is -0.410. The van der Waals surface area contributed by atoms with Crippen molar-refractivity contribution in [3.05, 3.63) is 29.8 Å². The van der Waals surface area contributed by atoms with Crippen LogP contribution in [0.1, 0.15) is 5.56 Å². The van der Waals surface area contributed by atoms with E-state index in [1.807, 2.05) is 31.2 Å². The highest BCUT2D eigenvalue weighted by molar-refractivity contribution is 8.38. The van der Waals surface area contributed by atoms with Gasteiger partial charge in [0, 0.05) is 4.90 Å². The van der Waals surface area contributed by atoms with E-state index in [-0.39, 0.29) is 4.45 Å². The summed E-state index contributed by atoms with van der Waals surface area (Å²) in [7, 11) is 0.